The molecule has 50 valence electrons. The van der Waals surface area contributed by atoms with Gasteiger partial charge in [0.15, 0.2) is 0 Å². The first kappa shape index (κ1) is 7.91. The average Bonchev–Trinajstić information content (AvgIpc) is 1.82. The third-order valence-corrected chi connectivity index (χ3v) is 0.740. The van der Waals surface area contributed by atoms with Gasteiger partial charge in [0.05, 0.1) is 0 Å². The van der Waals surface area contributed by atoms with Crippen molar-refractivity contribution in [2.45, 2.75) is 6.04 Å². The summed E-state index contributed by atoms with van der Waals surface area (Å²) in [6.45, 7) is 3.36. The summed E-state index contributed by atoms with van der Waals surface area (Å²) in [6.07, 6.45) is 4.33. The summed E-state index contributed by atoms with van der Waals surface area (Å²) in [5.41, 5.74) is 5.07. The van der Waals surface area contributed by atoms with Gasteiger partial charge in [0, 0.05) is 0 Å². The van der Waals surface area contributed by atoms with Crippen LogP contribution in [0.1, 0.15) is 0 Å². The van der Waals surface area contributed by atoms with Crippen LogP contribution in [0, 0.1) is 0 Å². The van der Waals surface area contributed by atoms with E-state index < -0.39 is 12.0 Å². The molecule has 0 unspecified atom stereocenters. The zero-order chi connectivity index (χ0) is 7.28. The first-order chi connectivity index (χ1) is 4.18. The second-order valence-corrected chi connectivity index (χ2v) is 1.48. The van der Waals surface area contributed by atoms with E-state index in [2.05, 4.69) is 6.58 Å². The van der Waals surface area contributed by atoms with Crippen LogP contribution in [0.4, 0.5) is 0 Å². The molecule has 0 saturated heterocycles. The van der Waals surface area contributed by atoms with Gasteiger partial charge >= 0.3 is 5.97 Å². The minimum atomic E-state index is -1.03. The Hall–Kier alpha value is -1.09. The number of carboxylic acids is 1. The summed E-state index contributed by atoms with van der Waals surface area (Å²) in [5, 5.41) is 8.20. The van der Waals surface area contributed by atoms with Gasteiger partial charge in [0.1, 0.15) is 6.04 Å². The van der Waals surface area contributed by atoms with Crippen LogP contribution in [0.5, 0.6) is 0 Å². The van der Waals surface area contributed by atoms with E-state index in [-0.39, 0.29) is 0 Å². The Labute approximate surface area is 53.5 Å². The van der Waals surface area contributed by atoms with Crippen molar-refractivity contribution in [2.24, 2.45) is 5.73 Å². The van der Waals surface area contributed by atoms with Gasteiger partial charge in [-0.05, 0) is 0 Å². The first-order valence-electron chi connectivity index (χ1n) is 2.46. The molecule has 0 saturated carbocycles. The summed E-state index contributed by atoms with van der Waals surface area (Å²) in [6, 6.07) is -0.914. The maximum atomic E-state index is 9.99. The number of nitrogens with two attached hydrogens (primary N) is 1. The number of allylic oxidation sites excluding steroid dienone is 2. The van der Waals surface area contributed by atoms with Crippen LogP contribution in [-0.2, 0) is 4.79 Å². The topological polar surface area (TPSA) is 63.3 Å². The minimum Gasteiger partial charge on any atom is -0.480 e. The SMILES string of the molecule is C=C/C=C/[C@H](N)C(=O)O. The van der Waals surface area contributed by atoms with Crippen molar-refractivity contribution >= 4 is 5.97 Å². The van der Waals surface area contributed by atoms with E-state index in [1.807, 2.05) is 0 Å². The van der Waals surface area contributed by atoms with Crippen molar-refractivity contribution in [1.82, 2.24) is 0 Å². The molecule has 0 bridgehead atoms. The highest BCUT2D eigenvalue weighted by Crippen LogP contribution is 1.81. The minimum absolute atomic E-state index is 0.914. The molecule has 0 spiro atoms. The zero-order valence-corrected chi connectivity index (χ0v) is 4.95. The fraction of sp³-hybridized carbons (Fsp3) is 0.167. The predicted octanol–water partition coefficient (Wildman–Crippen LogP) is 0.140. The molecule has 0 aliphatic heterocycles. The number of carboxylic acid groups (broad SMARTS) is 1. The third kappa shape index (κ3) is 3.49. The van der Waals surface area contributed by atoms with Crippen LogP contribution >= 0.6 is 0 Å². The van der Waals surface area contributed by atoms with Crippen LogP contribution in [0.3, 0.4) is 0 Å². The molecule has 0 aromatic heterocycles. The number of hydrogen-bond acceptors (Lipinski definition) is 2. The molecule has 3 heteroatoms. The van der Waals surface area contributed by atoms with Crippen molar-refractivity contribution in [2.75, 3.05) is 0 Å². The van der Waals surface area contributed by atoms with Gasteiger partial charge in [-0.2, -0.15) is 0 Å². The van der Waals surface area contributed by atoms with Crippen molar-refractivity contribution < 1.29 is 9.90 Å². The molecule has 3 N–H and O–H groups in total. The lowest BCUT2D eigenvalue weighted by Crippen LogP contribution is -2.27. The maximum Gasteiger partial charge on any atom is 0.324 e. The van der Waals surface area contributed by atoms with E-state index in [0.717, 1.165) is 0 Å². The lowest BCUT2D eigenvalue weighted by atomic mass is 10.3. The van der Waals surface area contributed by atoms with Gasteiger partial charge in [-0.25, -0.2) is 0 Å². The first-order valence-corrected chi connectivity index (χ1v) is 2.46. The Balaban J connectivity index is 3.75. The molecule has 0 aliphatic rings. The van der Waals surface area contributed by atoms with Crippen molar-refractivity contribution in [3.63, 3.8) is 0 Å². The van der Waals surface area contributed by atoms with Crippen LogP contribution in [0.25, 0.3) is 0 Å². The molecular weight excluding hydrogens is 118 g/mol. The van der Waals surface area contributed by atoms with E-state index in [1.54, 1.807) is 0 Å². The van der Waals surface area contributed by atoms with Gasteiger partial charge in [-0.1, -0.05) is 24.8 Å². The Kier molecular flexibility index (Phi) is 3.39. The Bertz CT molecular complexity index is 140. The highest BCUT2D eigenvalue weighted by Gasteiger charge is 2.03. The van der Waals surface area contributed by atoms with E-state index in [4.69, 9.17) is 10.8 Å². The molecule has 0 amide bonds. The fourth-order valence-electron chi connectivity index (χ4n) is 0.281. The Morgan fingerprint density at radius 3 is 2.67 bits per heavy atom. The van der Waals surface area contributed by atoms with Gasteiger partial charge in [-0.15, -0.1) is 0 Å². The van der Waals surface area contributed by atoms with Crippen molar-refractivity contribution in [3.05, 3.63) is 24.8 Å². The van der Waals surface area contributed by atoms with Gasteiger partial charge in [0.25, 0.3) is 0 Å². The fourth-order valence-corrected chi connectivity index (χ4v) is 0.281. The molecular formula is C6H9NO2. The largest absolute Gasteiger partial charge is 0.480 e. The Morgan fingerprint density at radius 2 is 2.33 bits per heavy atom. The standard InChI is InChI=1S/C6H9NO2/c1-2-3-4-5(7)6(8)9/h2-5H,1,7H2,(H,8,9)/b4-3+/t5-/m0/s1. The molecule has 0 aliphatic carbocycles. The number of carbonyl (C=O) groups is 1. The lowest BCUT2D eigenvalue weighted by Gasteiger charge is -1.94. The summed E-state index contributed by atoms with van der Waals surface area (Å²) in [7, 11) is 0. The quantitative estimate of drug-likeness (QED) is 0.530. The zero-order valence-electron chi connectivity index (χ0n) is 4.95. The smallest absolute Gasteiger partial charge is 0.324 e. The molecule has 9 heavy (non-hydrogen) atoms. The summed E-state index contributed by atoms with van der Waals surface area (Å²) < 4.78 is 0. The second-order valence-electron chi connectivity index (χ2n) is 1.48. The monoisotopic (exact) mass is 127 g/mol. The van der Waals surface area contributed by atoms with Gasteiger partial charge in [-0.3, -0.25) is 4.79 Å². The summed E-state index contributed by atoms with van der Waals surface area (Å²) in [5.74, 6) is -1.03. The molecule has 0 rings (SSSR count). The van der Waals surface area contributed by atoms with Gasteiger partial charge < -0.3 is 10.8 Å². The normalized spacial score (nSPS) is 13.4. The molecule has 0 fully saturated rings. The van der Waals surface area contributed by atoms with E-state index in [9.17, 15) is 4.79 Å². The highest BCUT2D eigenvalue weighted by atomic mass is 16.4. The predicted molar refractivity (Wildman–Crippen MR) is 34.9 cm³/mol. The highest BCUT2D eigenvalue weighted by molar-refractivity contribution is 5.75. The molecule has 0 aromatic rings. The molecule has 0 radical (unpaired) electrons. The number of hydrogen-bond donors (Lipinski definition) is 2. The number of rotatable bonds is 3. The van der Waals surface area contributed by atoms with E-state index in [0.29, 0.717) is 0 Å². The maximum absolute atomic E-state index is 9.99. The van der Waals surface area contributed by atoms with Crippen LogP contribution in [-0.4, -0.2) is 17.1 Å². The molecule has 3 nitrogen and oxygen atoms in total. The molecule has 1 atom stereocenters. The van der Waals surface area contributed by atoms with Crippen LogP contribution < -0.4 is 5.73 Å². The lowest BCUT2D eigenvalue weighted by molar-refractivity contribution is -0.137. The summed E-state index contributed by atoms with van der Waals surface area (Å²) >= 11 is 0. The summed E-state index contributed by atoms with van der Waals surface area (Å²) in [4.78, 5) is 9.99. The molecule has 0 heterocycles. The van der Waals surface area contributed by atoms with Gasteiger partial charge in [0.2, 0.25) is 0 Å². The van der Waals surface area contributed by atoms with E-state index in [1.165, 1.54) is 18.2 Å². The van der Waals surface area contributed by atoms with E-state index >= 15 is 0 Å². The molecule has 0 aromatic carbocycles. The third-order valence-electron chi connectivity index (χ3n) is 0.740. The number of aliphatic carboxylic acids is 1. The van der Waals surface area contributed by atoms with Crippen molar-refractivity contribution in [3.8, 4) is 0 Å². The Morgan fingerprint density at radius 1 is 1.78 bits per heavy atom. The average molecular weight is 127 g/mol. The van der Waals surface area contributed by atoms with Crippen LogP contribution in [0.15, 0.2) is 24.8 Å². The second kappa shape index (κ2) is 3.86. The van der Waals surface area contributed by atoms with Crippen LogP contribution in [0.2, 0.25) is 0 Å². The van der Waals surface area contributed by atoms with Crippen molar-refractivity contribution in [1.29, 1.82) is 0 Å².